The molecule has 0 aromatic rings. The Kier molecular flexibility index (Phi) is 3.85. The third-order valence-electron chi connectivity index (χ3n) is 3.87. The normalized spacial score (nSPS) is 28.5. The lowest BCUT2D eigenvalue weighted by Crippen LogP contribution is -2.65. The number of piperazine rings is 1. The largest absolute Gasteiger partial charge is 0.374 e. The summed E-state index contributed by atoms with van der Waals surface area (Å²) < 4.78 is 5.65. The first-order valence-electron chi connectivity index (χ1n) is 7.10. The zero-order chi connectivity index (χ0) is 14.2. The highest BCUT2D eigenvalue weighted by Crippen LogP contribution is 2.35. The third kappa shape index (κ3) is 3.08. The van der Waals surface area contributed by atoms with Crippen LogP contribution >= 0.6 is 0 Å². The quantitative estimate of drug-likeness (QED) is 0.807. The first kappa shape index (κ1) is 14.3. The monoisotopic (exact) mass is 268 g/mol. The van der Waals surface area contributed by atoms with Gasteiger partial charge in [0.05, 0.1) is 12.1 Å². The van der Waals surface area contributed by atoms with E-state index in [-0.39, 0.29) is 17.9 Å². The molecule has 5 heteroatoms. The highest BCUT2D eigenvalue weighted by Gasteiger charge is 2.46. The molecule has 108 valence electrons. The molecule has 1 aliphatic heterocycles. The van der Waals surface area contributed by atoms with Gasteiger partial charge in [-0.3, -0.25) is 9.59 Å². The van der Waals surface area contributed by atoms with E-state index in [1.165, 1.54) is 0 Å². The van der Waals surface area contributed by atoms with Crippen molar-refractivity contribution in [1.29, 1.82) is 0 Å². The molecule has 1 N–H and O–H groups in total. The second kappa shape index (κ2) is 5.12. The van der Waals surface area contributed by atoms with Crippen LogP contribution in [0.5, 0.6) is 0 Å². The molecule has 0 aromatic carbocycles. The Morgan fingerprint density at radius 1 is 1.37 bits per heavy atom. The van der Waals surface area contributed by atoms with Crippen LogP contribution in [-0.4, -0.2) is 47.6 Å². The van der Waals surface area contributed by atoms with Gasteiger partial charge >= 0.3 is 0 Å². The van der Waals surface area contributed by atoms with Crippen molar-refractivity contribution < 1.29 is 14.3 Å². The fraction of sp³-hybridized carbons (Fsp3) is 0.857. The van der Waals surface area contributed by atoms with Gasteiger partial charge in [-0.1, -0.05) is 0 Å². The van der Waals surface area contributed by atoms with Gasteiger partial charge in [0.1, 0.15) is 12.1 Å². The summed E-state index contributed by atoms with van der Waals surface area (Å²) in [5.74, 6) is 0.327. The summed E-state index contributed by atoms with van der Waals surface area (Å²) in [5.41, 5.74) is -0.426. The summed E-state index contributed by atoms with van der Waals surface area (Å²) in [6.07, 6.45) is 2.07. The minimum Gasteiger partial charge on any atom is -0.374 e. The van der Waals surface area contributed by atoms with Crippen molar-refractivity contribution >= 4 is 11.8 Å². The molecule has 0 radical (unpaired) electrons. The van der Waals surface area contributed by atoms with E-state index >= 15 is 0 Å². The third-order valence-corrected chi connectivity index (χ3v) is 3.87. The molecule has 2 fully saturated rings. The van der Waals surface area contributed by atoms with Crippen LogP contribution < -0.4 is 5.32 Å². The van der Waals surface area contributed by atoms with Crippen LogP contribution in [0.2, 0.25) is 0 Å². The topological polar surface area (TPSA) is 58.6 Å². The van der Waals surface area contributed by atoms with Gasteiger partial charge in [-0.25, -0.2) is 0 Å². The first-order chi connectivity index (χ1) is 8.85. The Bertz CT molecular complexity index is 377. The van der Waals surface area contributed by atoms with Crippen LogP contribution in [0.3, 0.4) is 0 Å². The van der Waals surface area contributed by atoms with Crippen molar-refractivity contribution in [2.75, 3.05) is 13.2 Å². The van der Waals surface area contributed by atoms with Crippen LogP contribution in [0, 0.1) is 5.92 Å². The van der Waals surface area contributed by atoms with Crippen LogP contribution in [0.4, 0.5) is 0 Å². The highest BCUT2D eigenvalue weighted by atomic mass is 16.5. The lowest BCUT2D eigenvalue weighted by Gasteiger charge is -2.41. The van der Waals surface area contributed by atoms with Crippen molar-refractivity contribution in [3.05, 3.63) is 0 Å². The molecule has 2 atom stereocenters. The summed E-state index contributed by atoms with van der Waals surface area (Å²) in [7, 11) is 0. The summed E-state index contributed by atoms with van der Waals surface area (Å²) in [5, 5.41) is 2.85. The van der Waals surface area contributed by atoms with Crippen LogP contribution in [0.25, 0.3) is 0 Å². The lowest BCUT2D eigenvalue weighted by molar-refractivity contribution is -0.153. The molecule has 1 heterocycles. The first-order valence-corrected chi connectivity index (χ1v) is 7.10. The average molecular weight is 268 g/mol. The standard InChI is InChI=1S/C14H24N2O3/c1-5-19-14(3,4)8-16-9(2)12(17)15-11(13(16)18)10-6-7-10/h9-11H,5-8H2,1-4H3,(H,15,17). The van der Waals surface area contributed by atoms with Gasteiger partial charge in [-0.15, -0.1) is 0 Å². The van der Waals surface area contributed by atoms with E-state index in [2.05, 4.69) is 5.32 Å². The number of hydrogen-bond donors (Lipinski definition) is 1. The summed E-state index contributed by atoms with van der Waals surface area (Å²) in [4.78, 5) is 26.2. The lowest BCUT2D eigenvalue weighted by atomic mass is 10.0. The van der Waals surface area contributed by atoms with Crippen molar-refractivity contribution in [1.82, 2.24) is 10.2 Å². The van der Waals surface area contributed by atoms with E-state index in [9.17, 15) is 9.59 Å². The predicted molar refractivity (Wildman–Crippen MR) is 71.5 cm³/mol. The molecule has 0 spiro atoms. The van der Waals surface area contributed by atoms with E-state index in [0.717, 1.165) is 12.8 Å². The van der Waals surface area contributed by atoms with E-state index in [4.69, 9.17) is 4.74 Å². The number of nitrogens with zero attached hydrogens (tertiary/aromatic N) is 1. The maximum atomic E-state index is 12.5. The van der Waals surface area contributed by atoms with Crippen LogP contribution in [0.15, 0.2) is 0 Å². The minimum absolute atomic E-state index is 0.0439. The van der Waals surface area contributed by atoms with Gasteiger partial charge in [-0.2, -0.15) is 0 Å². The smallest absolute Gasteiger partial charge is 0.246 e. The summed E-state index contributed by atoms with van der Waals surface area (Å²) in [6, 6.07) is -0.733. The molecular weight excluding hydrogens is 244 g/mol. The van der Waals surface area contributed by atoms with E-state index in [0.29, 0.717) is 19.1 Å². The number of ether oxygens (including phenoxy) is 1. The van der Waals surface area contributed by atoms with Crippen LogP contribution in [-0.2, 0) is 14.3 Å². The van der Waals surface area contributed by atoms with Gasteiger partial charge in [-0.05, 0) is 46.5 Å². The molecule has 2 rings (SSSR count). The zero-order valence-corrected chi connectivity index (χ0v) is 12.2. The van der Waals surface area contributed by atoms with Gasteiger partial charge in [0.25, 0.3) is 0 Å². The van der Waals surface area contributed by atoms with Gasteiger partial charge in [0.15, 0.2) is 0 Å². The van der Waals surface area contributed by atoms with Crippen molar-refractivity contribution in [3.63, 3.8) is 0 Å². The Morgan fingerprint density at radius 2 is 2.00 bits per heavy atom. The Hall–Kier alpha value is -1.10. The minimum atomic E-state index is -0.426. The van der Waals surface area contributed by atoms with Crippen LogP contribution in [0.1, 0.15) is 40.5 Å². The fourth-order valence-electron chi connectivity index (χ4n) is 2.66. The van der Waals surface area contributed by atoms with Gasteiger partial charge in [0.2, 0.25) is 11.8 Å². The number of rotatable bonds is 5. The number of nitrogens with one attached hydrogen (secondary N) is 1. The second-order valence-corrected chi connectivity index (χ2v) is 6.16. The molecule has 0 bridgehead atoms. The van der Waals surface area contributed by atoms with Crippen molar-refractivity contribution in [3.8, 4) is 0 Å². The maximum Gasteiger partial charge on any atom is 0.246 e. The number of carbonyl (C=O) groups is 2. The molecule has 19 heavy (non-hydrogen) atoms. The van der Waals surface area contributed by atoms with E-state index < -0.39 is 11.6 Å². The molecule has 2 amide bonds. The molecule has 0 aromatic heterocycles. The molecule has 1 aliphatic carbocycles. The molecular formula is C14H24N2O3. The molecule has 1 saturated carbocycles. The Labute approximate surface area is 114 Å². The van der Waals surface area contributed by atoms with Crippen molar-refractivity contribution in [2.45, 2.75) is 58.2 Å². The van der Waals surface area contributed by atoms with Crippen molar-refractivity contribution in [2.24, 2.45) is 5.92 Å². The second-order valence-electron chi connectivity index (χ2n) is 6.16. The molecule has 1 saturated heterocycles. The van der Waals surface area contributed by atoms with E-state index in [1.807, 2.05) is 20.8 Å². The number of carbonyl (C=O) groups excluding carboxylic acids is 2. The highest BCUT2D eigenvalue weighted by molar-refractivity contribution is 5.97. The maximum absolute atomic E-state index is 12.5. The summed E-state index contributed by atoms with van der Waals surface area (Å²) in [6.45, 7) is 8.67. The fourth-order valence-corrected chi connectivity index (χ4v) is 2.66. The Balaban J connectivity index is 2.11. The Morgan fingerprint density at radius 3 is 2.53 bits per heavy atom. The molecule has 2 aliphatic rings. The van der Waals surface area contributed by atoms with Gasteiger partial charge in [0, 0.05) is 6.61 Å². The summed E-state index contributed by atoms with van der Waals surface area (Å²) >= 11 is 0. The number of amides is 2. The molecule has 5 nitrogen and oxygen atoms in total. The number of hydrogen-bond acceptors (Lipinski definition) is 3. The average Bonchev–Trinajstić information content (AvgIpc) is 3.13. The SMILES string of the molecule is CCOC(C)(C)CN1C(=O)C(C2CC2)NC(=O)C1C. The molecule has 2 unspecified atom stereocenters. The predicted octanol–water partition coefficient (Wildman–Crippen LogP) is 0.927. The van der Waals surface area contributed by atoms with Gasteiger partial charge < -0.3 is 15.0 Å². The van der Waals surface area contributed by atoms with E-state index in [1.54, 1.807) is 11.8 Å². The zero-order valence-electron chi connectivity index (χ0n) is 12.2.